The molecule has 0 aromatic carbocycles. The lowest BCUT2D eigenvalue weighted by Gasteiger charge is -2.32. The first-order chi connectivity index (χ1) is 13.7. The molecule has 0 bridgehead atoms. The smallest absolute Gasteiger partial charge is 0.266 e. The van der Waals surface area contributed by atoms with Crippen molar-refractivity contribution in [2.24, 2.45) is 13.0 Å². The van der Waals surface area contributed by atoms with Crippen LogP contribution in [0.3, 0.4) is 0 Å². The van der Waals surface area contributed by atoms with Crippen LogP contribution in [0.2, 0.25) is 0 Å². The van der Waals surface area contributed by atoms with Crippen molar-refractivity contribution >= 4 is 0 Å². The van der Waals surface area contributed by atoms with E-state index in [-0.39, 0.29) is 5.56 Å². The van der Waals surface area contributed by atoms with Gasteiger partial charge in [0.1, 0.15) is 0 Å². The van der Waals surface area contributed by atoms with Gasteiger partial charge in [-0.05, 0) is 82.0 Å². The average Bonchev–Trinajstić information content (AvgIpc) is 3.50. The lowest BCUT2D eigenvalue weighted by atomic mass is 9.94. The first kappa shape index (κ1) is 18.1. The molecule has 6 heteroatoms. The second-order valence-electron chi connectivity index (χ2n) is 8.97. The molecule has 2 aliphatic carbocycles. The molecule has 3 heterocycles. The van der Waals surface area contributed by atoms with Crippen molar-refractivity contribution in [2.75, 3.05) is 13.1 Å². The lowest BCUT2D eigenvalue weighted by Crippen LogP contribution is -2.37. The zero-order valence-electron chi connectivity index (χ0n) is 16.9. The number of hydrogen-bond donors (Lipinski definition) is 0. The monoisotopic (exact) mass is 381 g/mol. The Bertz CT molecular complexity index is 902. The molecular formula is C22H31N5O. The molecule has 1 saturated heterocycles. The second kappa shape index (κ2) is 7.47. The number of fused-ring (bicyclic) bond motifs is 1. The summed E-state index contributed by atoms with van der Waals surface area (Å²) in [5, 5.41) is 9.42. The highest BCUT2D eigenvalue weighted by Gasteiger charge is 2.27. The molecular weight excluding hydrogens is 350 g/mol. The van der Waals surface area contributed by atoms with Gasteiger partial charge in [0.25, 0.3) is 5.56 Å². The summed E-state index contributed by atoms with van der Waals surface area (Å²) in [7, 11) is 2.10. The fourth-order valence-corrected chi connectivity index (χ4v) is 4.92. The molecule has 0 radical (unpaired) electrons. The Hall–Kier alpha value is -1.95. The molecule has 1 saturated carbocycles. The fourth-order valence-electron chi connectivity index (χ4n) is 4.92. The average molecular weight is 382 g/mol. The summed E-state index contributed by atoms with van der Waals surface area (Å²) in [6.07, 6.45) is 9.65. The Labute approximate surface area is 166 Å². The van der Waals surface area contributed by atoms with Crippen LogP contribution in [0.25, 0.3) is 0 Å². The number of hydrogen-bond acceptors (Lipinski definition) is 4. The molecule has 0 amide bonds. The van der Waals surface area contributed by atoms with Crippen LogP contribution in [-0.4, -0.2) is 37.6 Å². The minimum absolute atomic E-state index is 0.0494. The molecule has 0 atom stereocenters. The van der Waals surface area contributed by atoms with Gasteiger partial charge in [-0.3, -0.25) is 14.4 Å². The Balaban J connectivity index is 1.20. The van der Waals surface area contributed by atoms with Crippen LogP contribution < -0.4 is 5.56 Å². The predicted octanol–water partition coefficient (Wildman–Crippen LogP) is 2.65. The quantitative estimate of drug-likeness (QED) is 0.799. The van der Waals surface area contributed by atoms with Gasteiger partial charge in [-0.1, -0.05) is 0 Å². The molecule has 6 nitrogen and oxygen atoms in total. The maximum atomic E-state index is 12.2. The van der Waals surface area contributed by atoms with E-state index in [9.17, 15) is 4.79 Å². The van der Waals surface area contributed by atoms with Gasteiger partial charge >= 0.3 is 0 Å². The molecule has 28 heavy (non-hydrogen) atoms. The zero-order valence-corrected chi connectivity index (χ0v) is 16.9. The van der Waals surface area contributed by atoms with Crippen LogP contribution >= 0.6 is 0 Å². The second-order valence-corrected chi connectivity index (χ2v) is 8.97. The lowest BCUT2D eigenvalue weighted by molar-refractivity contribution is 0.160. The third-order valence-electron chi connectivity index (χ3n) is 6.84. The highest BCUT2D eigenvalue weighted by Crippen LogP contribution is 2.38. The summed E-state index contributed by atoms with van der Waals surface area (Å²) in [4.78, 5) is 14.8. The Morgan fingerprint density at radius 2 is 1.82 bits per heavy atom. The van der Waals surface area contributed by atoms with Gasteiger partial charge in [0.15, 0.2) is 0 Å². The van der Waals surface area contributed by atoms with Gasteiger partial charge in [0.05, 0.1) is 17.1 Å². The van der Waals surface area contributed by atoms with E-state index < -0.39 is 0 Å². The normalized spacial score (nSPS) is 21.0. The number of nitrogens with zero attached hydrogens (tertiary/aromatic N) is 5. The molecule has 2 aromatic rings. The molecule has 2 aromatic heterocycles. The van der Waals surface area contributed by atoms with E-state index in [0.29, 0.717) is 11.8 Å². The molecule has 0 unspecified atom stereocenters. The van der Waals surface area contributed by atoms with Gasteiger partial charge < -0.3 is 0 Å². The Kier molecular flexibility index (Phi) is 4.83. The van der Waals surface area contributed by atoms with E-state index in [0.717, 1.165) is 51.1 Å². The summed E-state index contributed by atoms with van der Waals surface area (Å²) < 4.78 is 3.85. The van der Waals surface area contributed by atoms with Crippen molar-refractivity contribution in [3.63, 3.8) is 0 Å². The van der Waals surface area contributed by atoms with E-state index >= 15 is 0 Å². The van der Waals surface area contributed by atoms with Crippen LogP contribution in [0.15, 0.2) is 16.9 Å². The van der Waals surface area contributed by atoms with Crippen molar-refractivity contribution in [3.05, 3.63) is 45.1 Å². The maximum Gasteiger partial charge on any atom is 0.266 e. The first-order valence-corrected chi connectivity index (χ1v) is 11.0. The third kappa shape index (κ3) is 3.66. The van der Waals surface area contributed by atoms with Crippen molar-refractivity contribution in [1.82, 2.24) is 24.5 Å². The summed E-state index contributed by atoms with van der Waals surface area (Å²) in [6.45, 7) is 3.98. The van der Waals surface area contributed by atoms with E-state index in [1.165, 1.54) is 49.1 Å². The minimum atomic E-state index is 0.0494. The van der Waals surface area contributed by atoms with Gasteiger partial charge in [-0.15, -0.1) is 0 Å². The minimum Gasteiger partial charge on any atom is -0.297 e. The van der Waals surface area contributed by atoms with Crippen molar-refractivity contribution < 1.29 is 0 Å². The standard InChI is InChI=1S/C22H31N5O/c1-25-21(18-4-2-3-5-20(18)23-25)15-26-12-10-16(11-13-26)14-27-22(28)9-8-19(24-27)17-6-7-17/h8-9,16-17H,2-7,10-15H2,1H3. The van der Waals surface area contributed by atoms with E-state index in [1.54, 1.807) is 10.7 Å². The largest absolute Gasteiger partial charge is 0.297 e. The third-order valence-corrected chi connectivity index (χ3v) is 6.84. The topological polar surface area (TPSA) is 56.0 Å². The maximum absolute atomic E-state index is 12.2. The van der Waals surface area contributed by atoms with Gasteiger partial charge in [-0.2, -0.15) is 10.2 Å². The molecule has 2 fully saturated rings. The zero-order chi connectivity index (χ0) is 19.1. The Morgan fingerprint density at radius 3 is 2.61 bits per heavy atom. The molecule has 150 valence electrons. The van der Waals surface area contributed by atoms with Crippen molar-refractivity contribution in [2.45, 2.75) is 70.4 Å². The number of aryl methyl sites for hydroxylation is 2. The molecule has 0 N–H and O–H groups in total. The van der Waals surface area contributed by atoms with Gasteiger partial charge in [0, 0.05) is 32.1 Å². The number of aromatic nitrogens is 4. The first-order valence-electron chi connectivity index (χ1n) is 11.0. The predicted molar refractivity (Wildman–Crippen MR) is 108 cm³/mol. The summed E-state index contributed by atoms with van der Waals surface area (Å²) >= 11 is 0. The molecule has 0 spiro atoms. The van der Waals surface area contributed by atoms with E-state index in [2.05, 4.69) is 21.7 Å². The van der Waals surface area contributed by atoms with Gasteiger partial charge in [0.2, 0.25) is 0 Å². The van der Waals surface area contributed by atoms with Crippen LogP contribution in [0.5, 0.6) is 0 Å². The molecule has 5 rings (SSSR count). The highest BCUT2D eigenvalue weighted by atomic mass is 16.1. The molecule has 1 aliphatic heterocycles. The van der Waals surface area contributed by atoms with Crippen LogP contribution in [0, 0.1) is 5.92 Å². The van der Waals surface area contributed by atoms with Crippen LogP contribution in [0.4, 0.5) is 0 Å². The van der Waals surface area contributed by atoms with Gasteiger partial charge in [-0.25, -0.2) is 4.68 Å². The van der Waals surface area contributed by atoms with Crippen LogP contribution in [-0.2, 0) is 33.0 Å². The van der Waals surface area contributed by atoms with Crippen molar-refractivity contribution in [1.29, 1.82) is 0 Å². The Morgan fingerprint density at radius 1 is 1.04 bits per heavy atom. The highest BCUT2D eigenvalue weighted by molar-refractivity contribution is 5.28. The summed E-state index contributed by atoms with van der Waals surface area (Å²) in [5.74, 6) is 1.15. The number of rotatable bonds is 5. The van der Waals surface area contributed by atoms with Crippen LogP contribution in [0.1, 0.15) is 67.1 Å². The van der Waals surface area contributed by atoms with E-state index in [4.69, 9.17) is 5.10 Å². The van der Waals surface area contributed by atoms with Crippen molar-refractivity contribution in [3.8, 4) is 0 Å². The molecule has 3 aliphatic rings. The summed E-state index contributed by atoms with van der Waals surface area (Å²) in [5.41, 5.74) is 5.43. The van der Waals surface area contributed by atoms with E-state index in [1.807, 2.05) is 6.07 Å². The fraction of sp³-hybridized carbons (Fsp3) is 0.682. The summed E-state index contributed by atoms with van der Waals surface area (Å²) in [6, 6.07) is 3.63. The number of piperidine rings is 1. The SMILES string of the molecule is Cn1nc2c(c1CN1CCC(Cn3nc(C4CC4)ccc3=O)CC1)CCCC2. The number of likely N-dealkylation sites (tertiary alicyclic amines) is 1.